The van der Waals surface area contributed by atoms with Crippen molar-refractivity contribution in [2.45, 2.75) is 133 Å². The number of methoxy groups -OCH3 is 1. The molecule has 4 aliphatic carbocycles. The van der Waals surface area contributed by atoms with E-state index in [-0.39, 0.29) is 25.0 Å². The fourth-order valence-electron chi connectivity index (χ4n) is 9.48. The summed E-state index contributed by atoms with van der Waals surface area (Å²) in [5, 5.41) is 5.35. The number of benzene rings is 1. The highest BCUT2D eigenvalue weighted by molar-refractivity contribution is 7.91. The number of halogens is 2. The largest absolute Gasteiger partial charge is 0.497 e. The Hall–Kier alpha value is -4.28. The number of amides is 4. The van der Waals surface area contributed by atoms with Gasteiger partial charge in [-0.05, 0) is 92.7 Å². The molecule has 2 bridgehead atoms. The van der Waals surface area contributed by atoms with Crippen LogP contribution in [0.3, 0.4) is 0 Å². The number of carbonyl (C=O) groups excluding carboxylic acids is 4. The van der Waals surface area contributed by atoms with E-state index in [2.05, 4.69) is 10.6 Å². The second-order valence-electron chi connectivity index (χ2n) is 18.3. The minimum atomic E-state index is -4.13. The van der Waals surface area contributed by atoms with Gasteiger partial charge in [0.25, 0.3) is 5.91 Å². The molecule has 4 saturated carbocycles. The maximum atomic E-state index is 14.8. The van der Waals surface area contributed by atoms with E-state index in [0.717, 1.165) is 49.5 Å². The lowest BCUT2D eigenvalue weighted by Gasteiger charge is -2.36. The number of rotatable bonds is 7. The standard InChI is InChI=1S/C41H53F2N5O9S/c1-40(2,3)33-37(50)48-20-25(18-31(48)35(49)46-41(19-29(41)34(42)43)38(51)47-58(53,54)26-12-13-26)56-36-22(14-21-10-11-24(55-4)17-30(21)44-36)8-6-5-7-9-27-28-15-23(28)16-32(27)57-39(52)45-33/h10-11,14,17,23,25-29,31-34H,5-9,12-13,15-16,18-20H2,1-4H3,(H,45,52)(H,46,49)(H,47,51)/t23-,25+,27+,28-,29-,31-,32+,33+,41+/m0/s1. The first-order chi connectivity index (χ1) is 27.5. The number of pyridine rings is 1. The Labute approximate surface area is 336 Å². The minimum Gasteiger partial charge on any atom is -0.497 e. The van der Waals surface area contributed by atoms with E-state index >= 15 is 0 Å². The summed E-state index contributed by atoms with van der Waals surface area (Å²) >= 11 is 0. The van der Waals surface area contributed by atoms with Crippen molar-refractivity contribution in [2.75, 3.05) is 13.7 Å². The van der Waals surface area contributed by atoms with Gasteiger partial charge in [-0.15, -0.1) is 0 Å². The van der Waals surface area contributed by atoms with Crippen LogP contribution >= 0.6 is 0 Å². The van der Waals surface area contributed by atoms with Crippen molar-refractivity contribution in [1.29, 1.82) is 0 Å². The number of nitrogens with zero attached hydrogens (tertiary/aromatic N) is 2. The van der Waals surface area contributed by atoms with Crippen molar-refractivity contribution < 1.29 is 50.6 Å². The maximum Gasteiger partial charge on any atom is 0.408 e. The molecule has 2 aliphatic heterocycles. The van der Waals surface area contributed by atoms with E-state index in [4.69, 9.17) is 19.2 Å². The van der Waals surface area contributed by atoms with Gasteiger partial charge in [0.05, 0.1) is 30.3 Å². The van der Waals surface area contributed by atoms with Gasteiger partial charge in [-0.25, -0.2) is 27.0 Å². The molecule has 316 valence electrons. The number of alkyl carbamates (subject to hydrolysis) is 1. The van der Waals surface area contributed by atoms with Crippen LogP contribution in [0.4, 0.5) is 13.6 Å². The lowest BCUT2D eigenvalue weighted by molar-refractivity contribution is -0.143. The first kappa shape index (κ1) is 40.5. The number of hydrogen-bond donors (Lipinski definition) is 3. The van der Waals surface area contributed by atoms with Gasteiger partial charge in [0, 0.05) is 23.4 Å². The lowest BCUT2D eigenvalue weighted by atomic mass is 9.85. The molecule has 1 aromatic heterocycles. The number of carbonyl (C=O) groups is 4. The van der Waals surface area contributed by atoms with Gasteiger partial charge in [-0.2, -0.15) is 0 Å². The molecule has 9 atom stereocenters. The highest BCUT2D eigenvalue weighted by atomic mass is 32.2. The molecule has 4 amide bonds. The number of nitrogens with one attached hydrogen (secondary N) is 3. The van der Waals surface area contributed by atoms with Gasteiger partial charge < -0.3 is 29.7 Å². The highest BCUT2D eigenvalue weighted by Crippen LogP contribution is 2.58. The number of sulfonamides is 1. The number of ether oxygens (including phenoxy) is 3. The Morgan fingerprint density at radius 3 is 2.50 bits per heavy atom. The fraction of sp³-hybridized carbons (Fsp3) is 0.683. The summed E-state index contributed by atoms with van der Waals surface area (Å²) in [4.78, 5) is 62.3. The normalized spacial score (nSPS) is 32.7. The van der Waals surface area contributed by atoms with E-state index in [1.807, 2.05) is 22.9 Å². The van der Waals surface area contributed by atoms with Gasteiger partial charge in [-0.1, -0.05) is 33.6 Å². The molecule has 1 aromatic carbocycles. The van der Waals surface area contributed by atoms with Crippen molar-refractivity contribution in [1.82, 2.24) is 25.2 Å². The molecule has 58 heavy (non-hydrogen) atoms. The third kappa shape index (κ3) is 8.03. The number of aromatic nitrogens is 1. The van der Waals surface area contributed by atoms with Crippen molar-refractivity contribution >= 4 is 44.7 Å². The van der Waals surface area contributed by atoms with Gasteiger partial charge in [0.2, 0.25) is 34.1 Å². The van der Waals surface area contributed by atoms with Crippen molar-refractivity contribution in [3.05, 3.63) is 29.8 Å². The van der Waals surface area contributed by atoms with Crippen LogP contribution in [0.15, 0.2) is 24.3 Å². The molecule has 14 nitrogen and oxygen atoms in total. The Morgan fingerprint density at radius 1 is 1.03 bits per heavy atom. The predicted molar refractivity (Wildman–Crippen MR) is 206 cm³/mol. The average molecular weight is 830 g/mol. The SMILES string of the molecule is COc1ccc2cc3c(nc2c1)O[C@@H]1C[C@@H](C(=O)N[C@]2(C(=O)NS(=O)(=O)C4CC4)C[C@H]2C(F)F)N(C1)C(=O)[C@H](C(C)(C)C)NC(=O)O[C@@H]1C[C@@H]2C[C@@H]2[C@H]1CCCCC3. The van der Waals surface area contributed by atoms with Gasteiger partial charge in [-0.3, -0.25) is 19.1 Å². The first-order valence-corrected chi connectivity index (χ1v) is 22.1. The molecule has 0 spiro atoms. The topological polar surface area (TPSA) is 182 Å². The maximum absolute atomic E-state index is 14.8. The molecule has 8 rings (SSSR count). The minimum absolute atomic E-state index is 0.111. The average Bonchev–Trinajstić information content (AvgIpc) is 4.10. The molecule has 0 unspecified atom stereocenters. The van der Waals surface area contributed by atoms with Crippen LogP contribution in [-0.4, -0.2) is 97.3 Å². The van der Waals surface area contributed by atoms with Crippen LogP contribution < -0.4 is 24.8 Å². The van der Waals surface area contributed by atoms with Crippen LogP contribution in [-0.2, 0) is 35.6 Å². The first-order valence-electron chi connectivity index (χ1n) is 20.6. The molecule has 3 N–H and O–H groups in total. The quantitative estimate of drug-likeness (QED) is 0.356. The smallest absolute Gasteiger partial charge is 0.408 e. The summed E-state index contributed by atoms with van der Waals surface area (Å²) in [5.74, 6) is -2.24. The summed E-state index contributed by atoms with van der Waals surface area (Å²) in [7, 11) is -2.57. The molecule has 6 aliphatic rings. The molecule has 3 heterocycles. The van der Waals surface area contributed by atoms with E-state index in [1.54, 1.807) is 33.9 Å². The van der Waals surface area contributed by atoms with Crippen LogP contribution in [0, 0.1) is 29.1 Å². The molecular formula is C41H53F2N5O9S. The fourth-order valence-corrected chi connectivity index (χ4v) is 10.8. The third-order valence-electron chi connectivity index (χ3n) is 13.1. The van der Waals surface area contributed by atoms with Crippen LogP contribution in [0.2, 0.25) is 0 Å². The summed E-state index contributed by atoms with van der Waals surface area (Å²) < 4.78 is 73.9. The second-order valence-corrected chi connectivity index (χ2v) is 20.3. The lowest BCUT2D eigenvalue weighted by Crippen LogP contribution is -2.60. The van der Waals surface area contributed by atoms with E-state index < -0.39 is 87.0 Å². The monoisotopic (exact) mass is 829 g/mol. The zero-order valence-electron chi connectivity index (χ0n) is 33.3. The van der Waals surface area contributed by atoms with Crippen molar-refractivity contribution in [3.63, 3.8) is 0 Å². The van der Waals surface area contributed by atoms with Crippen molar-refractivity contribution in [2.24, 2.45) is 29.1 Å². The molecule has 0 radical (unpaired) electrons. The van der Waals surface area contributed by atoms with Gasteiger partial charge in [0.15, 0.2) is 0 Å². The summed E-state index contributed by atoms with van der Waals surface area (Å²) in [6, 6.07) is 5.05. The predicted octanol–water partition coefficient (Wildman–Crippen LogP) is 4.62. The van der Waals surface area contributed by atoms with E-state index in [0.29, 0.717) is 48.2 Å². The number of fused-ring (bicyclic) bond motifs is 7. The summed E-state index contributed by atoms with van der Waals surface area (Å²) in [5.41, 5.74) is -1.62. The molecule has 5 fully saturated rings. The Kier molecular flexibility index (Phi) is 10.5. The van der Waals surface area contributed by atoms with Gasteiger partial charge >= 0.3 is 6.09 Å². The van der Waals surface area contributed by atoms with E-state index in [9.17, 15) is 36.4 Å². The third-order valence-corrected chi connectivity index (χ3v) is 14.9. The van der Waals surface area contributed by atoms with Crippen LogP contribution in [0.5, 0.6) is 11.6 Å². The van der Waals surface area contributed by atoms with Crippen molar-refractivity contribution in [3.8, 4) is 11.6 Å². The molecule has 2 aromatic rings. The highest BCUT2D eigenvalue weighted by Gasteiger charge is 2.67. The molecule has 1 saturated heterocycles. The number of aryl methyl sites for hydroxylation is 1. The number of hydrogen-bond acceptors (Lipinski definition) is 10. The molecule has 17 heteroatoms. The number of alkyl halides is 2. The zero-order chi connectivity index (χ0) is 41.3. The van der Waals surface area contributed by atoms with Crippen LogP contribution in [0.25, 0.3) is 10.9 Å². The van der Waals surface area contributed by atoms with Crippen LogP contribution in [0.1, 0.15) is 90.5 Å². The Morgan fingerprint density at radius 2 is 1.81 bits per heavy atom. The molecular weight excluding hydrogens is 777 g/mol. The van der Waals surface area contributed by atoms with Gasteiger partial charge in [0.1, 0.15) is 35.6 Å². The zero-order valence-corrected chi connectivity index (χ0v) is 34.1. The second kappa shape index (κ2) is 15.1. The Balaban J connectivity index is 1.13. The Bertz CT molecular complexity index is 2090. The summed E-state index contributed by atoms with van der Waals surface area (Å²) in [6.07, 6.45) is 1.40. The summed E-state index contributed by atoms with van der Waals surface area (Å²) in [6.45, 7) is 5.17. The van der Waals surface area contributed by atoms with E-state index in [1.165, 1.54) is 4.90 Å².